The average Bonchev–Trinajstić information content (AvgIpc) is 2.44. The molecule has 1 amide bonds. The fraction of sp³-hybridized carbons (Fsp3) is 0.133. The van der Waals surface area contributed by atoms with Crippen LogP contribution in [0.25, 0.3) is 0 Å². The minimum Gasteiger partial charge on any atom is -0.508 e. The van der Waals surface area contributed by atoms with Gasteiger partial charge < -0.3 is 10.4 Å². The van der Waals surface area contributed by atoms with Gasteiger partial charge in [-0.1, -0.05) is 42.5 Å². The van der Waals surface area contributed by atoms with Crippen molar-refractivity contribution in [2.45, 2.75) is 12.2 Å². The quantitative estimate of drug-likeness (QED) is 0.914. The molecular weight excluding hydrogens is 283 g/mol. The van der Waals surface area contributed by atoms with Gasteiger partial charge in [0.1, 0.15) is 5.75 Å². The normalized spacial score (nSPS) is 12.7. The summed E-state index contributed by atoms with van der Waals surface area (Å²) < 4.78 is 37.4. The molecule has 2 rings (SSSR count). The summed E-state index contributed by atoms with van der Waals surface area (Å²) in [4.78, 5) is 11.2. The van der Waals surface area contributed by atoms with Crippen molar-refractivity contribution in [3.63, 3.8) is 0 Å². The lowest BCUT2D eigenvalue weighted by molar-refractivity contribution is -0.174. The predicted molar refractivity (Wildman–Crippen MR) is 70.6 cm³/mol. The standard InChI is InChI=1S/C15H12F3NO2/c16-15(17,18)14(21)19-13(10-5-2-1-3-6-10)11-7-4-8-12(20)9-11/h1-9,13,20H,(H,19,21)/t13-/m0/s1. The van der Waals surface area contributed by atoms with Gasteiger partial charge in [0.05, 0.1) is 6.04 Å². The summed E-state index contributed by atoms with van der Waals surface area (Å²) in [5.74, 6) is -2.12. The summed E-state index contributed by atoms with van der Waals surface area (Å²) >= 11 is 0. The van der Waals surface area contributed by atoms with Gasteiger partial charge in [0, 0.05) is 0 Å². The second-order valence-electron chi connectivity index (χ2n) is 4.41. The molecule has 0 aliphatic carbocycles. The van der Waals surface area contributed by atoms with Crippen LogP contribution in [0.5, 0.6) is 5.75 Å². The monoisotopic (exact) mass is 295 g/mol. The van der Waals surface area contributed by atoms with E-state index in [0.717, 1.165) is 0 Å². The molecule has 6 heteroatoms. The van der Waals surface area contributed by atoms with Crippen molar-refractivity contribution in [1.29, 1.82) is 0 Å². The Labute approximate surface area is 119 Å². The van der Waals surface area contributed by atoms with E-state index < -0.39 is 18.1 Å². The van der Waals surface area contributed by atoms with Gasteiger partial charge in [-0.3, -0.25) is 4.79 Å². The minimum absolute atomic E-state index is 0.0883. The molecule has 2 N–H and O–H groups in total. The number of aromatic hydroxyl groups is 1. The van der Waals surface area contributed by atoms with Gasteiger partial charge in [-0.15, -0.1) is 0 Å². The molecule has 3 nitrogen and oxygen atoms in total. The molecule has 1 atom stereocenters. The van der Waals surface area contributed by atoms with Crippen LogP contribution in [0.2, 0.25) is 0 Å². The smallest absolute Gasteiger partial charge is 0.471 e. The molecule has 0 saturated carbocycles. The first kappa shape index (κ1) is 14.9. The number of nitrogens with one attached hydrogen (secondary N) is 1. The van der Waals surface area contributed by atoms with Crippen molar-refractivity contribution in [2.24, 2.45) is 0 Å². The van der Waals surface area contributed by atoms with E-state index in [4.69, 9.17) is 0 Å². The number of phenols is 1. The van der Waals surface area contributed by atoms with E-state index in [1.807, 2.05) is 5.32 Å². The van der Waals surface area contributed by atoms with Crippen LogP contribution in [0.15, 0.2) is 54.6 Å². The number of halogens is 3. The van der Waals surface area contributed by atoms with Crippen LogP contribution in [-0.4, -0.2) is 17.2 Å². The zero-order valence-electron chi connectivity index (χ0n) is 10.8. The highest BCUT2D eigenvalue weighted by atomic mass is 19.4. The Bertz CT molecular complexity index is 626. The molecule has 0 fully saturated rings. The molecule has 0 aromatic heterocycles. The molecule has 0 saturated heterocycles. The third kappa shape index (κ3) is 3.75. The molecule has 0 heterocycles. The molecule has 21 heavy (non-hydrogen) atoms. The Morgan fingerprint density at radius 2 is 1.62 bits per heavy atom. The number of amides is 1. The van der Waals surface area contributed by atoms with Crippen LogP contribution in [0, 0.1) is 0 Å². The molecule has 110 valence electrons. The fourth-order valence-corrected chi connectivity index (χ4v) is 1.92. The molecule has 0 aliphatic rings. The lowest BCUT2D eigenvalue weighted by Gasteiger charge is -2.20. The number of hydrogen-bond acceptors (Lipinski definition) is 2. The molecule has 0 unspecified atom stereocenters. The second kappa shape index (κ2) is 5.87. The Hall–Kier alpha value is -2.50. The highest BCUT2D eigenvalue weighted by Crippen LogP contribution is 2.26. The summed E-state index contributed by atoms with van der Waals surface area (Å²) in [5.41, 5.74) is 0.847. The van der Waals surface area contributed by atoms with Crippen LogP contribution < -0.4 is 5.32 Å². The number of carbonyl (C=O) groups excluding carboxylic acids is 1. The number of benzene rings is 2. The molecular formula is C15H12F3NO2. The van der Waals surface area contributed by atoms with E-state index in [1.54, 1.807) is 30.3 Å². The Morgan fingerprint density at radius 1 is 1.00 bits per heavy atom. The van der Waals surface area contributed by atoms with Gasteiger partial charge in [0.2, 0.25) is 0 Å². The lowest BCUT2D eigenvalue weighted by atomic mass is 9.98. The zero-order chi connectivity index (χ0) is 15.5. The van der Waals surface area contributed by atoms with Crippen molar-refractivity contribution in [3.05, 3.63) is 65.7 Å². The number of alkyl halides is 3. The van der Waals surface area contributed by atoms with Crippen molar-refractivity contribution < 1.29 is 23.1 Å². The first-order valence-electron chi connectivity index (χ1n) is 6.09. The third-order valence-electron chi connectivity index (χ3n) is 2.87. The van der Waals surface area contributed by atoms with Crippen molar-refractivity contribution in [3.8, 4) is 5.75 Å². The summed E-state index contributed by atoms with van der Waals surface area (Å²) in [6.07, 6.45) is -4.97. The maximum absolute atomic E-state index is 12.5. The third-order valence-corrected chi connectivity index (χ3v) is 2.87. The number of phenolic OH excluding ortho intramolecular Hbond substituents is 1. The van der Waals surface area contributed by atoms with Crippen molar-refractivity contribution in [2.75, 3.05) is 0 Å². The van der Waals surface area contributed by atoms with Crippen molar-refractivity contribution in [1.82, 2.24) is 5.32 Å². The van der Waals surface area contributed by atoms with Gasteiger partial charge in [-0.25, -0.2) is 0 Å². The van der Waals surface area contributed by atoms with Crippen LogP contribution in [-0.2, 0) is 4.79 Å². The highest BCUT2D eigenvalue weighted by Gasteiger charge is 2.40. The van der Waals surface area contributed by atoms with E-state index >= 15 is 0 Å². The Balaban J connectivity index is 2.38. The van der Waals surface area contributed by atoms with E-state index in [-0.39, 0.29) is 5.75 Å². The first-order valence-corrected chi connectivity index (χ1v) is 6.09. The van der Waals surface area contributed by atoms with E-state index in [1.165, 1.54) is 24.3 Å². The first-order chi connectivity index (χ1) is 9.88. The van der Waals surface area contributed by atoms with Gasteiger partial charge >= 0.3 is 12.1 Å². The van der Waals surface area contributed by atoms with Gasteiger partial charge in [0.15, 0.2) is 0 Å². The average molecular weight is 295 g/mol. The SMILES string of the molecule is O=C(N[C@@H](c1ccccc1)c1cccc(O)c1)C(F)(F)F. The number of rotatable bonds is 3. The number of hydrogen-bond donors (Lipinski definition) is 2. The fourth-order valence-electron chi connectivity index (χ4n) is 1.92. The topological polar surface area (TPSA) is 49.3 Å². The largest absolute Gasteiger partial charge is 0.508 e. The zero-order valence-corrected chi connectivity index (χ0v) is 10.8. The van der Waals surface area contributed by atoms with Crippen LogP contribution >= 0.6 is 0 Å². The maximum Gasteiger partial charge on any atom is 0.471 e. The molecule has 0 spiro atoms. The molecule has 0 bridgehead atoms. The van der Waals surface area contributed by atoms with Crippen molar-refractivity contribution >= 4 is 5.91 Å². The van der Waals surface area contributed by atoms with Gasteiger partial charge in [-0.05, 0) is 23.3 Å². The molecule has 0 radical (unpaired) electrons. The summed E-state index contributed by atoms with van der Waals surface area (Å²) in [7, 11) is 0. The van der Waals surface area contributed by atoms with Gasteiger partial charge in [-0.2, -0.15) is 13.2 Å². The van der Waals surface area contributed by atoms with Gasteiger partial charge in [0.25, 0.3) is 0 Å². The van der Waals surface area contributed by atoms with Crippen LogP contribution in [0.4, 0.5) is 13.2 Å². The van der Waals surface area contributed by atoms with Crippen LogP contribution in [0.3, 0.4) is 0 Å². The van der Waals surface area contributed by atoms with E-state index in [2.05, 4.69) is 0 Å². The molecule has 2 aromatic rings. The summed E-state index contributed by atoms with van der Waals surface area (Å²) in [6.45, 7) is 0. The molecule has 0 aliphatic heterocycles. The van der Waals surface area contributed by atoms with E-state index in [9.17, 15) is 23.1 Å². The highest BCUT2D eigenvalue weighted by molar-refractivity contribution is 5.82. The summed E-state index contributed by atoms with van der Waals surface area (Å²) in [5, 5.41) is 11.4. The number of carbonyl (C=O) groups is 1. The Kier molecular flexibility index (Phi) is 4.16. The lowest BCUT2D eigenvalue weighted by Crippen LogP contribution is -2.39. The Morgan fingerprint density at radius 3 is 2.19 bits per heavy atom. The molecule has 2 aromatic carbocycles. The van der Waals surface area contributed by atoms with Crippen LogP contribution in [0.1, 0.15) is 17.2 Å². The predicted octanol–water partition coefficient (Wildman–Crippen LogP) is 3.16. The maximum atomic E-state index is 12.5. The second-order valence-corrected chi connectivity index (χ2v) is 4.41. The minimum atomic E-state index is -4.97. The summed E-state index contributed by atoms with van der Waals surface area (Å²) in [6, 6.07) is 13.0. The van der Waals surface area contributed by atoms with E-state index in [0.29, 0.717) is 11.1 Å².